The minimum Gasteiger partial charge on any atom is -0.354 e. The molecule has 3 rings (SSSR count). The Balaban J connectivity index is 2.06. The lowest BCUT2D eigenvalue weighted by Gasteiger charge is -2.33. The molecule has 7 nitrogen and oxygen atoms in total. The van der Waals surface area contributed by atoms with E-state index in [1.54, 1.807) is 42.5 Å². The maximum atomic E-state index is 14.1. The number of hydrogen-bond acceptors (Lipinski definition) is 4. The van der Waals surface area contributed by atoms with Crippen LogP contribution in [0.4, 0.5) is 5.69 Å². The minimum atomic E-state index is -4.09. The Morgan fingerprint density at radius 2 is 1.55 bits per heavy atom. The number of rotatable bonds is 12. The summed E-state index contributed by atoms with van der Waals surface area (Å²) in [4.78, 5) is 29.1. The summed E-state index contributed by atoms with van der Waals surface area (Å²) in [5.41, 5.74) is 4.07. The monoisotopic (exact) mass is 563 g/mol. The van der Waals surface area contributed by atoms with Gasteiger partial charge in [0.15, 0.2) is 0 Å². The normalized spacial score (nSPS) is 12.2. The quantitative estimate of drug-likeness (QED) is 0.320. The van der Waals surface area contributed by atoms with E-state index in [1.165, 1.54) is 4.90 Å². The predicted octanol–water partition coefficient (Wildman–Crippen LogP) is 5.39. The van der Waals surface area contributed by atoms with Gasteiger partial charge in [0.1, 0.15) is 12.6 Å². The van der Waals surface area contributed by atoms with Gasteiger partial charge in [-0.1, -0.05) is 74.9 Å². The van der Waals surface area contributed by atoms with Crippen LogP contribution in [0, 0.1) is 26.7 Å². The largest absolute Gasteiger partial charge is 0.354 e. The molecule has 214 valence electrons. The van der Waals surface area contributed by atoms with E-state index in [1.807, 2.05) is 71.9 Å². The Hall–Kier alpha value is -3.65. The summed E-state index contributed by atoms with van der Waals surface area (Å²) in [7, 11) is -4.09. The lowest BCUT2D eigenvalue weighted by molar-refractivity contribution is -0.140. The summed E-state index contributed by atoms with van der Waals surface area (Å²) in [6, 6.07) is 20.6. The van der Waals surface area contributed by atoms with Crippen molar-refractivity contribution in [3.05, 3.63) is 95.1 Å². The number of nitrogens with zero attached hydrogens (tertiary/aromatic N) is 2. The fourth-order valence-electron chi connectivity index (χ4n) is 4.46. The molecule has 0 aromatic heterocycles. The Bertz CT molecular complexity index is 1420. The van der Waals surface area contributed by atoms with Crippen LogP contribution in [0.15, 0.2) is 77.7 Å². The summed E-state index contributed by atoms with van der Waals surface area (Å²) in [6.07, 6.45) is 0.386. The summed E-state index contributed by atoms with van der Waals surface area (Å²) in [5, 5.41) is 2.96. The highest BCUT2D eigenvalue weighted by atomic mass is 32.2. The Labute approximate surface area is 239 Å². The number of amides is 2. The van der Waals surface area contributed by atoms with Gasteiger partial charge in [0.25, 0.3) is 10.0 Å². The smallest absolute Gasteiger partial charge is 0.264 e. The van der Waals surface area contributed by atoms with E-state index in [0.717, 1.165) is 26.6 Å². The Kier molecular flexibility index (Phi) is 10.5. The number of carbonyl (C=O) groups excluding carboxylic acids is 2. The molecule has 0 heterocycles. The lowest BCUT2D eigenvalue weighted by Crippen LogP contribution is -2.52. The highest BCUT2D eigenvalue weighted by Crippen LogP contribution is 2.26. The van der Waals surface area contributed by atoms with Crippen LogP contribution >= 0.6 is 0 Å². The van der Waals surface area contributed by atoms with Crippen molar-refractivity contribution in [2.75, 3.05) is 17.4 Å². The van der Waals surface area contributed by atoms with Gasteiger partial charge in [-0.3, -0.25) is 13.9 Å². The molecule has 0 radical (unpaired) electrons. The average Bonchev–Trinajstić information content (AvgIpc) is 2.91. The van der Waals surface area contributed by atoms with E-state index < -0.39 is 28.5 Å². The molecule has 0 fully saturated rings. The lowest BCUT2D eigenvalue weighted by atomic mass is 10.1. The maximum absolute atomic E-state index is 14.1. The van der Waals surface area contributed by atoms with Gasteiger partial charge >= 0.3 is 0 Å². The van der Waals surface area contributed by atoms with Gasteiger partial charge in [0, 0.05) is 13.1 Å². The zero-order chi connectivity index (χ0) is 29.4. The number of hydrogen-bond donors (Lipinski definition) is 1. The molecular weight excluding hydrogens is 522 g/mol. The Morgan fingerprint density at radius 3 is 2.15 bits per heavy atom. The van der Waals surface area contributed by atoms with Crippen molar-refractivity contribution in [1.29, 1.82) is 0 Å². The molecule has 1 N–H and O–H groups in total. The molecule has 3 aromatic carbocycles. The van der Waals surface area contributed by atoms with Crippen LogP contribution in [0.5, 0.6) is 0 Å². The van der Waals surface area contributed by atoms with Crippen LogP contribution in [0.2, 0.25) is 0 Å². The zero-order valence-electron chi connectivity index (χ0n) is 24.3. The number of benzene rings is 3. The van der Waals surface area contributed by atoms with Gasteiger partial charge in [-0.05, 0) is 74.1 Å². The second-order valence-corrected chi connectivity index (χ2v) is 12.5. The van der Waals surface area contributed by atoms with Crippen molar-refractivity contribution in [1.82, 2.24) is 10.2 Å². The van der Waals surface area contributed by atoms with Crippen LogP contribution in [-0.2, 0) is 26.2 Å². The number of anilines is 1. The predicted molar refractivity (Wildman–Crippen MR) is 161 cm³/mol. The number of nitrogens with one attached hydrogen (secondary N) is 1. The molecule has 0 saturated heterocycles. The van der Waals surface area contributed by atoms with Gasteiger partial charge in [-0.2, -0.15) is 0 Å². The highest BCUT2D eigenvalue weighted by molar-refractivity contribution is 7.92. The molecule has 0 unspecified atom stereocenters. The second-order valence-electron chi connectivity index (χ2n) is 10.7. The van der Waals surface area contributed by atoms with Crippen molar-refractivity contribution in [2.24, 2.45) is 5.92 Å². The first-order valence-electron chi connectivity index (χ1n) is 13.7. The first-order valence-corrected chi connectivity index (χ1v) is 15.2. The van der Waals surface area contributed by atoms with Crippen LogP contribution in [0.1, 0.15) is 49.4 Å². The van der Waals surface area contributed by atoms with E-state index in [0.29, 0.717) is 18.7 Å². The topological polar surface area (TPSA) is 86.8 Å². The third-order valence-electron chi connectivity index (χ3n) is 6.85. The zero-order valence-corrected chi connectivity index (χ0v) is 25.2. The van der Waals surface area contributed by atoms with Gasteiger partial charge in [0.2, 0.25) is 11.8 Å². The van der Waals surface area contributed by atoms with Crippen LogP contribution < -0.4 is 9.62 Å². The summed E-state index contributed by atoms with van der Waals surface area (Å²) in [5.74, 6) is -0.452. The highest BCUT2D eigenvalue weighted by Gasteiger charge is 2.33. The van der Waals surface area contributed by atoms with Gasteiger partial charge in [-0.15, -0.1) is 0 Å². The van der Waals surface area contributed by atoms with Gasteiger partial charge < -0.3 is 10.2 Å². The standard InChI is InChI=1S/C32H41N3O4S/c1-7-30(32(37)33-20-23(2)3)34(21-27-13-9-8-12-26(27)6)31(36)22-35(28-14-10-11-25(5)19-28)40(38,39)29-17-15-24(4)16-18-29/h8-19,23,30H,7,20-22H2,1-6H3,(H,33,37)/t30-/m0/s1. The van der Waals surface area contributed by atoms with Crippen molar-refractivity contribution >= 4 is 27.5 Å². The summed E-state index contributed by atoms with van der Waals surface area (Å²) < 4.78 is 29.1. The number of aryl methyl sites for hydroxylation is 3. The fraction of sp³-hybridized carbons (Fsp3) is 0.375. The van der Waals surface area contributed by atoms with Crippen molar-refractivity contribution < 1.29 is 18.0 Å². The summed E-state index contributed by atoms with van der Waals surface area (Å²) in [6.45, 7) is 11.8. The molecular formula is C32H41N3O4S. The molecule has 40 heavy (non-hydrogen) atoms. The number of sulfonamides is 1. The van der Waals surface area contributed by atoms with E-state index in [4.69, 9.17) is 0 Å². The van der Waals surface area contributed by atoms with Gasteiger partial charge in [-0.25, -0.2) is 8.42 Å². The molecule has 2 amide bonds. The molecule has 0 bridgehead atoms. The molecule has 3 aromatic rings. The maximum Gasteiger partial charge on any atom is 0.264 e. The molecule has 0 saturated carbocycles. The molecule has 0 spiro atoms. The third kappa shape index (κ3) is 7.72. The van der Waals surface area contributed by atoms with Gasteiger partial charge in [0.05, 0.1) is 10.6 Å². The van der Waals surface area contributed by atoms with E-state index >= 15 is 0 Å². The second kappa shape index (κ2) is 13.6. The molecule has 8 heteroatoms. The SMILES string of the molecule is CC[C@@H](C(=O)NCC(C)C)N(Cc1ccccc1C)C(=O)CN(c1cccc(C)c1)S(=O)(=O)c1ccc(C)cc1. The van der Waals surface area contributed by atoms with E-state index in [9.17, 15) is 18.0 Å². The molecule has 1 atom stereocenters. The first-order chi connectivity index (χ1) is 18.9. The molecule has 0 aliphatic rings. The molecule has 0 aliphatic carbocycles. The van der Waals surface area contributed by atoms with E-state index in [2.05, 4.69) is 5.32 Å². The van der Waals surface area contributed by atoms with E-state index in [-0.39, 0.29) is 23.3 Å². The fourth-order valence-corrected chi connectivity index (χ4v) is 5.87. The Morgan fingerprint density at radius 1 is 0.875 bits per heavy atom. The molecule has 0 aliphatic heterocycles. The van der Waals surface area contributed by atoms with Crippen LogP contribution in [-0.4, -0.2) is 44.3 Å². The summed E-state index contributed by atoms with van der Waals surface area (Å²) >= 11 is 0. The van der Waals surface area contributed by atoms with Crippen LogP contribution in [0.3, 0.4) is 0 Å². The number of carbonyl (C=O) groups is 2. The third-order valence-corrected chi connectivity index (χ3v) is 8.64. The first kappa shape index (κ1) is 30.9. The van der Waals surface area contributed by atoms with Crippen LogP contribution in [0.25, 0.3) is 0 Å². The minimum absolute atomic E-state index is 0.0968. The van der Waals surface area contributed by atoms with Crippen molar-refractivity contribution in [3.63, 3.8) is 0 Å². The average molecular weight is 564 g/mol. The van der Waals surface area contributed by atoms with Crippen molar-refractivity contribution in [3.8, 4) is 0 Å². The van der Waals surface area contributed by atoms with Crippen molar-refractivity contribution in [2.45, 2.75) is 65.4 Å².